The molecule has 2 heterocycles. The zero-order valence-corrected chi connectivity index (χ0v) is 19.1. The van der Waals surface area contributed by atoms with Gasteiger partial charge in [0.15, 0.2) is 0 Å². The zero-order chi connectivity index (χ0) is 21.0. The van der Waals surface area contributed by atoms with Crippen LogP contribution in [0.15, 0.2) is 29.2 Å². The van der Waals surface area contributed by atoms with Crippen LogP contribution in [0.25, 0.3) is 6.08 Å². The lowest BCUT2D eigenvalue weighted by Gasteiger charge is -2.13. The monoisotopic (exact) mass is 466 g/mol. The highest BCUT2D eigenvalue weighted by molar-refractivity contribution is 8.26. The second-order valence-electron chi connectivity index (χ2n) is 6.75. The SMILES string of the molecule is CC(C)Cc1nnc(NC(=O)CCN2C(=O)/C(=C\c3ccccc3Cl)SC2=S)s1. The molecule has 6 nitrogen and oxygen atoms in total. The van der Waals surface area contributed by atoms with Crippen molar-refractivity contribution in [1.29, 1.82) is 0 Å². The first-order valence-electron chi connectivity index (χ1n) is 8.95. The van der Waals surface area contributed by atoms with E-state index in [1.807, 2.05) is 18.2 Å². The summed E-state index contributed by atoms with van der Waals surface area (Å²) in [5.41, 5.74) is 0.751. The smallest absolute Gasteiger partial charge is 0.266 e. The maximum absolute atomic E-state index is 12.7. The number of benzene rings is 1. The lowest BCUT2D eigenvalue weighted by Crippen LogP contribution is -2.31. The molecule has 2 aromatic rings. The van der Waals surface area contributed by atoms with E-state index in [9.17, 15) is 9.59 Å². The molecular formula is C19H19ClN4O2S3. The van der Waals surface area contributed by atoms with Gasteiger partial charge in [0.25, 0.3) is 5.91 Å². The van der Waals surface area contributed by atoms with E-state index in [0.29, 0.717) is 25.3 Å². The molecule has 152 valence electrons. The van der Waals surface area contributed by atoms with Crippen LogP contribution in [0.5, 0.6) is 0 Å². The minimum Gasteiger partial charge on any atom is -0.300 e. The van der Waals surface area contributed by atoms with Crippen LogP contribution in [0.3, 0.4) is 0 Å². The second kappa shape index (κ2) is 9.80. The van der Waals surface area contributed by atoms with Crippen molar-refractivity contribution >= 4 is 74.3 Å². The highest BCUT2D eigenvalue weighted by Gasteiger charge is 2.32. The van der Waals surface area contributed by atoms with Gasteiger partial charge in [-0.05, 0) is 23.6 Å². The third-order valence-corrected chi connectivity index (χ3v) is 6.51. The zero-order valence-electron chi connectivity index (χ0n) is 15.8. The first kappa shape index (κ1) is 21.9. The molecule has 1 fully saturated rings. The molecule has 0 bridgehead atoms. The molecule has 0 aliphatic carbocycles. The molecule has 29 heavy (non-hydrogen) atoms. The van der Waals surface area contributed by atoms with Gasteiger partial charge in [-0.2, -0.15) is 0 Å². The first-order valence-corrected chi connectivity index (χ1v) is 11.4. The normalized spacial score (nSPS) is 15.6. The molecule has 0 atom stereocenters. The van der Waals surface area contributed by atoms with Gasteiger partial charge in [-0.15, -0.1) is 10.2 Å². The maximum atomic E-state index is 12.7. The summed E-state index contributed by atoms with van der Waals surface area (Å²) in [7, 11) is 0. The highest BCUT2D eigenvalue weighted by Crippen LogP contribution is 2.33. The van der Waals surface area contributed by atoms with Gasteiger partial charge >= 0.3 is 0 Å². The van der Waals surface area contributed by atoms with Crippen LogP contribution in [0.1, 0.15) is 30.8 Å². The Morgan fingerprint density at radius 1 is 1.34 bits per heavy atom. The van der Waals surface area contributed by atoms with Gasteiger partial charge in [0.05, 0.1) is 4.91 Å². The molecule has 0 saturated carbocycles. The highest BCUT2D eigenvalue weighted by atomic mass is 35.5. The van der Waals surface area contributed by atoms with Crippen LogP contribution < -0.4 is 5.32 Å². The van der Waals surface area contributed by atoms with Gasteiger partial charge in [-0.1, -0.05) is 79.0 Å². The first-order chi connectivity index (χ1) is 13.8. The van der Waals surface area contributed by atoms with Crippen molar-refractivity contribution in [2.24, 2.45) is 5.92 Å². The summed E-state index contributed by atoms with van der Waals surface area (Å²) >= 11 is 14.0. The van der Waals surface area contributed by atoms with Gasteiger partial charge < -0.3 is 5.32 Å². The number of rotatable bonds is 7. The number of thioether (sulfide) groups is 1. The molecule has 1 aliphatic heterocycles. The second-order valence-corrected chi connectivity index (χ2v) is 9.90. The molecule has 1 N–H and O–H groups in total. The summed E-state index contributed by atoms with van der Waals surface area (Å²) in [5, 5.41) is 12.7. The van der Waals surface area contributed by atoms with Crippen LogP contribution in [-0.2, 0) is 16.0 Å². The molecule has 1 aromatic carbocycles. The number of anilines is 1. The Bertz CT molecular complexity index is 974. The molecule has 0 spiro atoms. The summed E-state index contributed by atoms with van der Waals surface area (Å²) in [6.07, 6.45) is 2.66. The molecule has 0 radical (unpaired) electrons. The van der Waals surface area contributed by atoms with E-state index < -0.39 is 0 Å². The molecular weight excluding hydrogens is 448 g/mol. The van der Waals surface area contributed by atoms with E-state index in [1.165, 1.54) is 28.0 Å². The standard InChI is InChI=1S/C19H19ClN4O2S3/c1-11(2)9-16-22-23-18(29-16)21-15(25)7-8-24-17(26)14(28-19(24)27)10-12-5-3-4-6-13(12)20/h3-6,10-11H,7-9H2,1-2H3,(H,21,23,25)/b14-10+. The number of carbonyl (C=O) groups is 2. The topological polar surface area (TPSA) is 75.2 Å². The van der Waals surface area contributed by atoms with E-state index >= 15 is 0 Å². The molecule has 10 heteroatoms. The number of halogens is 1. The number of amides is 2. The number of nitrogens with one attached hydrogen (secondary N) is 1. The molecule has 1 saturated heterocycles. The van der Waals surface area contributed by atoms with Gasteiger partial charge in [0, 0.05) is 24.4 Å². The lowest BCUT2D eigenvalue weighted by atomic mass is 10.1. The lowest BCUT2D eigenvalue weighted by molar-refractivity contribution is -0.122. The quantitative estimate of drug-likeness (QED) is 0.474. The summed E-state index contributed by atoms with van der Waals surface area (Å²) in [4.78, 5) is 26.8. The van der Waals surface area contributed by atoms with Crippen LogP contribution in [0.2, 0.25) is 5.02 Å². The third-order valence-electron chi connectivity index (χ3n) is 3.92. The Balaban J connectivity index is 1.57. The van der Waals surface area contributed by atoms with Gasteiger partial charge in [0.2, 0.25) is 11.0 Å². The van der Waals surface area contributed by atoms with Crippen LogP contribution in [-0.4, -0.2) is 37.8 Å². The average Bonchev–Trinajstić information content (AvgIpc) is 3.19. The Labute approximate surface area is 187 Å². The fraction of sp³-hybridized carbons (Fsp3) is 0.316. The van der Waals surface area contributed by atoms with Crippen molar-refractivity contribution in [3.63, 3.8) is 0 Å². The Morgan fingerprint density at radius 3 is 2.83 bits per heavy atom. The van der Waals surface area contributed by atoms with E-state index in [4.69, 9.17) is 23.8 Å². The number of aromatic nitrogens is 2. The van der Waals surface area contributed by atoms with E-state index in [2.05, 4.69) is 29.4 Å². The van der Waals surface area contributed by atoms with Gasteiger partial charge in [-0.25, -0.2) is 0 Å². The summed E-state index contributed by atoms with van der Waals surface area (Å²) < 4.78 is 0.427. The average molecular weight is 467 g/mol. The van der Waals surface area contributed by atoms with Crippen molar-refractivity contribution in [3.8, 4) is 0 Å². The van der Waals surface area contributed by atoms with E-state index in [0.717, 1.165) is 17.0 Å². The minimum atomic E-state index is -0.235. The van der Waals surface area contributed by atoms with Crippen molar-refractivity contribution < 1.29 is 9.59 Å². The fourth-order valence-electron chi connectivity index (χ4n) is 2.56. The maximum Gasteiger partial charge on any atom is 0.266 e. The Hall–Kier alpha value is -1.81. The number of hydrogen-bond acceptors (Lipinski definition) is 7. The molecule has 1 aromatic heterocycles. The summed E-state index contributed by atoms with van der Waals surface area (Å²) in [6.45, 7) is 4.40. The predicted molar refractivity (Wildman–Crippen MR) is 123 cm³/mol. The summed E-state index contributed by atoms with van der Waals surface area (Å²) in [5.74, 6) is 0.0171. The van der Waals surface area contributed by atoms with Gasteiger partial charge in [-0.3, -0.25) is 14.5 Å². The molecule has 0 unspecified atom stereocenters. The number of thiocarbonyl (C=S) groups is 1. The minimum absolute atomic E-state index is 0.116. The van der Waals surface area contributed by atoms with Crippen LogP contribution >= 0.6 is 46.9 Å². The van der Waals surface area contributed by atoms with E-state index in [1.54, 1.807) is 12.1 Å². The molecule has 1 aliphatic rings. The summed E-state index contributed by atoms with van der Waals surface area (Å²) in [6, 6.07) is 7.27. The Kier molecular flexibility index (Phi) is 7.39. The van der Waals surface area contributed by atoms with Crippen molar-refractivity contribution in [1.82, 2.24) is 15.1 Å². The van der Waals surface area contributed by atoms with Crippen molar-refractivity contribution in [2.75, 3.05) is 11.9 Å². The van der Waals surface area contributed by atoms with Crippen LogP contribution in [0, 0.1) is 5.92 Å². The van der Waals surface area contributed by atoms with Crippen molar-refractivity contribution in [3.05, 3.63) is 44.8 Å². The molecule has 2 amide bonds. The van der Waals surface area contributed by atoms with Gasteiger partial charge in [0.1, 0.15) is 9.33 Å². The number of nitrogens with zero attached hydrogens (tertiary/aromatic N) is 3. The number of carbonyl (C=O) groups excluding carboxylic acids is 2. The Morgan fingerprint density at radius 2 is 2.10 bits per heavy atom. The number of hydrogen-bond donors (Lipinski definition) is 1. The largest absolute Gasteiger partial charge is 0.300 e. The predicted octanol–water partition coefficient (Wildman–Crippen LogP) is 4.62. The van der Waals surface area contributed by atoms with E-state index in [-0.39, 0.29) is 24.8 Å². The van der Waals surface area contributed by atoms with Crippen LogP contribution in [0.4, 0.5) is 5.13 Å². The molecule has 3 rings (SSSR count). The fourth-order valence-corrected chi connectivity index (χ4v) is 5.01. The van der Waals surface area contributed by atoms with Crippen molar-refractivity contribution in [2.45, 2.75) is 26.7 Å². The third kappa shape index (κ3) is 5.85.